The Bertz CT molecular complexity index is 644. The highest BCUT2D eigenvalue weighted by molar-refractivity contribution is 5.84. The molecule has 120 valence electrons. The van der Waals surface area contributed by atoms with Gasteiger partial charge in [-0.3, -0.25) is 4.79 Å². The molecule has 5 nitrogen and oxygen atoms in total. The highest BCUT2D eigenvalue weighted by Gasteiger charge is 2.22. The highest BCUT2D eigenvalue weighted by atomic mass is 16.5. The van der Waals surface area contributed by atoms with Crippen molar-refractivity contribution in [3.63, 3.8) is 0 Å². The lowest BCUT2D eigenvalue weighted by Gasteiger charge is -2.25. The van der Waals surface area contributed by atoms with Crippen molar-refractivity contribution in [1.82, 2.24) is 9.88 Å². The van der Waals surface area contributed by atoms with Gasteiger partial charge in [0.25, 0.3) is 0 Å². The summed E-state index contributed by atoms with van der Waals surface area (Å²) >= 11 is 0. The molecule has 0 fully saturated rings. The average molecular weight is 304 g/mol. The molecule has 0 saturated carbocycles. The topological polar surface area (TPSA) is 63.5 Å². The second-order valence-corrected chi connectivity index (χ2v) is 5.58. The van der Waals surface area contributed by atoms with Crippen molar-refractivity contribution < 1.29 is 14.6 Å². The number of nitrogens with one attached hydrogen (secondary N) is 1. The standard InChI is InChI=1S/C17H24N2O3/c1-4-17(21,5-2)12-18-16(20)11-19-9-8-13-10-14(22-3)6-7-15(13)19/h6-10,21H,4-5,11-12H2,1-3H3,(H,18,20). The molecule has 0 spiro atoms. The second-order valence-electron chi connectivity index (χ2n) is 5.58. The van der Waals surface area contributed by atoms with Gasteiger partial charge in [0.2, 0.25) is 5.91 Å². The Morgan fingerprint density at radius 2 is 2.05 bits per heavy atom. The van der Waals surface area contributed by atoms with Gasteiger partial charge in [0, 0.05) is 23.6 Å². The van der Waals surface area contributed by atoms with Crippen LogP contribution >= 0.6 is 0 Å². The fourth-order valence-electron chi connectivity index (χ4n) is 2.42. The van der Waals surface area contributed by atoms with Gasteiger partial charge in [-0.2, -0.15) is 0 Å². The van der Waals surface area contributed by atoms with Gasteiger partial charge in [0.1, 0.15) is 12.3 Å². The first-order valence-electron chi connectivity index (χ1n) is 7.63. The smallest absolute Gasteiger partial charge is 0.240 e. The van der Waals surface area contributed by atoms with E-state index in [1.54, 1.807) is 7.11 Å². The van der Waals surface area contributed by atoms with Crippen LogP contribution < -0.4 is 10.1 Å². The van der Waals surface area contributed by atoms with E-state index in [-0.39, 0.29) is 19.0 Å². The number of hydrogen-bond donors (Lipinski definition) is 2. The molecule has 0 aliphatic rings. The monoisotopic (exact) mass is 304 g/mol. The zero-order chi connectivity index (χ0) is 16.2. The number of benzene rings is 1. The van der Waals surface area contributed by atoms with E-state index in [9.17, 15) is 9.90 Å². The molecule has 0 saturated heterocycles. The summed E-state index contributed by atoms with van der Waals surface area (Å²) in [5, 5.41) is 14.0. The Morgan fingerprint density at radius 1 is 1.32 bits per heavy atom. The molecular weight excluding hydrogens is 280 g/mol. The van der Waals surface area contributed by atoms with Gasteiger partial charge in [-0.1, -0.05) is 13.8 Å². The maximum atomic E-state index is 12.1. The van der Waals surface area contributed by atoms with Crippen LogP contribution in [0.2, 0.25) is 0 Å². The number of aromatic nitrogens is 1. The molecule has 22 heavy (non-hydrogen) atoms. The third-order valence-corrected chi connectivity index (χ3v) is 4.22. The maximum Gasteiger partial charge on any atom is 0.240 e. The van der Waals surface area contributed by atoms with E-state index < -0.39 is 5.60 Å². The van der Waals surface area contributed by atoms with Crippen LogP contribution in [-0.2, 0) is 11.3 Å². The Kier molecular flexibility index (Phi) is 5.08. The summed E-state index contributed by atoms with van der Waals surface area (Å²) in [7, 11) is 1.63. The fraction of sp³-hybridized carbons (Fsp3) is 0.471. The van der Waals surface area contributed by atoms with Gasteiger partial charge in [-0.05, 0) is 37.1 Å². The van der Waals surface area contributed by atoms with Crippen LogP contribution in [0.3, 0.4) is 0 Å². The quantitative estimate of drug-likeness (QED) is 0.825. The lowest BCUT2D eigenvalue weighted by molar-refractivity contribution is -0.123. The van der Waals surface area contributed by atoms with E-state index >= 15 is 0 Å². The van der Waals surface area contributed by atoms with Crippen LogP contribution in [0.5, 0.6) is 5.75 Å². The number of rotatable bonds is 7. The lowest BCUT2D eigenvalue weighted by Crippen LogP contribution is -2.43. The molecule has 1 amide bonds. The molecule has 5 heteroatoms. The molecule has 1 aromatic heterocycles. The number of nitrogens with zero attached hydrogens (tertiary/aromatic N) is 1. The van der Waals surface area contributed by atoms with E-state index in [2.05, 4.69) is 5.32 Å². The van der Waals surface area contributed by atoms with Gasteiger partial charge < -0.3 is 19.7 Å². The summed E-state index contributed by atoms with van der Waals surface area (Å²) in [5.41, 5.74) is 0.166. The maximum absolute atomic E-state index is 12.1. The molecule has 2 aromatic rings. The van der Waals surface area contributed by atoms with Crippen molar-refractivity contribution in [2.75, 3.05) is 13.7 Å². The number of carbonyl (C=O) groups excluding carboxylic acids is 1. The van der Waals surface area contributed by atoms with Crippen molar-refractivity contribution in [3.8, 4) is 5.75 Å². The minimum Gasteiger partial charge on any atom is -0.497 e. The first kappa shape index (κ1) is 16.4. The minimum atomic E-state index is -0.818. The third-order valence-electron chi connectivity index (χ3n) is 4.22. The molecule has 0 bridgehead atoms. The number of amides is 1. The highest BCUT2D eigenvalue weighted by Crippen LogP contribution is 2.21. The number of carbonyl (C=O) groups is 1. The molecular formula is C17H24N2O3. The molecule has 0 aliphatic carbocycles. The number of hydrogen-bond acceptors (Lipinski definition) is 3. The van der Waals surface area contributed by atoms with Crippen LogP contribution in [0.15, 0.2) is 30.5 Å². The Balaban J connectivity index is 2.03. The molecule has 2 N–H and O–H groups in total. The van der Waals surface area contributed by atoms with E-state index in [1.165, 1.54) is 0 Å². The summed E-state index contributed by atoms with van der Waals surface area (Å²) in [6.07, 6.45) is 3.13. The largest absolute Gasteiger partial charge is 0.497 e. The third kappa shape index (κ3) is 3.60. The molecule has 0 aliphatic heterocycles. The summed E-state index contributed by atoms with van der Waals surface area (Å²) in [6.45, 7) is 4.36. The van der Waals surface area contributed by atoms with Crippen molar-refractivity contribution in [1.29, 1.82) is 0 Å². The van der Waals surface area contributed by atoms with Crippen LogP contribution in [0.1, 0.15) is 26.7 Å². The van der Waals surface area contributed by atoms with E-state index in [0.717, 1.165) is 16.7 Å². The number of ether oxygens (including phenoxy) is 1. The average Bonchev–Trinajstić information content (AvgIpc) is 2.94. The van der Waals surface area contributed by atoms with Crippen molar-refractivity contribution in [2.24, 2.45) is 0 Å². The summed E-state index contributed by atoms with van der Waals surface area (Å²) in [6, 6.07) is 7.72. The summed E-state index contributed by atoms with van der Waals surface area (Å²) in [5.74, 6) is 0.694. The van der Waals surface area contributed by atoms with Crippen molar-refractivity contribution in [3.05, 3.63) is 30.5 Å². The molecule has 0 atom stereocenters. The molecule has 0 unspecified atom stereocenters. The van der Waals surface area contributed by atoms with Crippen LogP contribution in [0.25, 0.3) is 10.9 Å². The SMILES string of the molecule is CCC(O)(CC)CNC(=O)Cn1ccc2cc(OC)ccc21. The van der Waals surface area contributed by atoms with Gasteiger partial charge in [0.05, 0.1) is 12.7 Å². The number of aliphatic hydroxyl groups is 1. The fourth-order valence-corrected chi connectivity index (χ4v) is 2.42. The van der Waals surface area contributed by atoms with Gasteiger partial charge in [0.15, 0.2) is 0 Å². The second kappa shape index (κ2) is 6.83. The summed E-state index contributed by atoms with van der Waals surface area (Å²) in [4.78, 5) is 12.1. The Labute approximate surface area is 130 Å². The minimum absolute atomic E-state index is 0.103. The van der Waals surface area contributed by atoms with Gasteiger partial charge >= 0.3 is 0 Å². The molecule has 0 radical (unpaired) electrons. The Hall–Kier alpha value is -2.01. The van der Waals surface area contributed by atoms with Crippen molar-refractivity contribution in [2.45, 2.75) is 38.8 Å². The number of fused-ring (bicyclic) bond motifs is 1. The molecule has 1 heterocycles. The van der Waals surface area contributed by atoms with Crippen LogP contribution in [0.4, 0.5) is 0 Å². The Morgan fingerprint density at radius 3 is 2.68 bits per heavy atom. The first-order chi connectivity index (χ1) is 10.5. The van der Waals surface area contributed by atoms with Crippen LogP contribution in [-0.4, -0.2) is 34.8 Å². The van der Waals surface area contributed by atoms with Gasteiger partial charge in [-0.25, -0.2) is 0 Å². The zero-order valence-corrected chi connectivity index (χ0v) is 13.4. The van der Waals surface area contributed by atoms with Crippen LogP contribution in [0, 0.1) is 0 Å². The molecule has 2 rings (SSSR count). The first-order valence-corrected chi connectivity index (χ1v) is 7.63. The van der Waals surface area contributed by atoms with E-state index in [0.29, 0.717) is 12.8 Å². The normalized spacial score (nSPS) is 11.6. The lowest BCUT2D eigenvalue weighted by atomic mass is 9.98. The zero-order valence-electron chi connectivity index (χ0n) is 13.4. The van der Waals surface area contributed by atoms with E-state index in [1.807, 2.05) is 48.9 Å². The molecule has 1 aromatic carbocycles. The van der Waals surface area contributed by atoms with Crippen molar-refractivity contribution >= 4 is 16.8 Å². The summed E-state index contributed by atoms with van der Waals surface area (Å²) < 4.78 is 7.09. The van der Waals surface area contributed by atoms with Gasteiger partial charge in [-0.15, -0.1) is 0 Å². The predicted molar refractivity (Wildman–Crippen MR) is 87.0 cm³/mol. The number of methoxy groups -OCH3 is 1. The van der Waals surface area contributed by atoms with E-state index in [4.69, 9.17) is 4.74 Å². The predicted octanol–water partition coefficient (Wildman–Crippen LogP) is 2.32.